The van der Waals surface area contributed by atoms with Gasteiger partial charge < -0.3 is 10.2 Å². The number of hydrogen-bond donors (Lipinski definition) is 1. The lowest BCUT2D eigenvalue weighted by molar-refractivity contribution is -0.131. The van der Waals surface area contributed by atoms with E-state index in [-0.39, 0.29) is 5.91 Å². The van der Waals surface area contributed by atoms with E-state index >= 15 is 0 Å². The molecule has 0 aromatic carbocycles. The highest BCUT2D eigenvalue weighted by atomic mass is 32.1. The highest BCUT2D eigenvalue weighted by Crippen LogP contribution is 2.33. The number of amides is 1. The molecular formula is C14H20N2OS. The van der Waals surface area contributed by atoms with Gasteiger partial charge in [-0.1, -0.05) is 13.3 Å². The monoisotopic (exact) mass is 264 g/mol. The number of nitrogens with one attached hydrogen (secondary N) is 1. The Hall–Kier alpha value is -0.870. The predicted molar refractivity (Wildman–Crippen MR) is 73.6 cm³/mol. The van der Waals surface area contributed by atoms with E-state index in [2.05, 4.69) is 23.7 Å². The van der Waals surface area contributed by atoms with Gasteiger partial charge in [-0.25, -0.2) is 0 Å². The summed E-state index contributed by atoms with van der Waals surface area (Å²) in [5.74, 6) is 1.07. The Morgan fingerprint density at radius 1 is 1.61 bits per heavy atom. The Balaban J connectivity index is 1.49. The molecule has 0 spiro atoms. The van der Waals surface area contributed by atoms with Crippen molar-refractivity contribution in [1.82, 2.24) is 10.2 Å². The molecule has 1 fully saturated rings. The molecule has 0 radical (unpaired) electrons. The summed E-state index contributed by atoms with van der Waals surface area (Å²) in [5.41, 5.74) is 1.34. The zero-order chi connectivity index (χ0) is 12.5. The SMILES string of the molecule is CCC1CC1NCC(=O)N1CCc2sccc2C1. The molecule has 0 saturated heterocycles. The fourth-order valence-electron chi connectivity index (χ4n) is 2.74. The van der Waals surface area contributed by atoms with Crippen molar-refractivity contribution in [3.63, 3.8) is 0 Å². The third kappa shape index (κ3) is 2.45. The Labute approximate surface area is 112 Å². The number of nitrogens with zero attached hydrogens (tertiary/aromatic N) is 1. The minimum absolute atomic E-state index is 0.258. The van der Waals surface area contributed by atoms with Gasteiger partial charge in [0.15, 0.2) is 0 Å². The van der Waals surface area contributed by atoms with Crippen LogP contribution in [-0.4, -0.2) is 29.9 Å². The number of fused-ring (bicyclic) bond motifs is 1. The molecule has 1 N–H and O–H groups in total. The van der Waals surface area contributed by atoms with Gasteiger partial charge in [-0.3, -0.25) is 4.79 Å². The number of carbonyl (C=O) groups is 1. The molecule has 1 aromatic rings. The minimum atomic E-state index is 0.258. The van der Waals surface area contributed by atoms with E-state index < -0.39 is 0 Å². The predicted octanol–water partition coefficient (Wildman–Crippen LogP) is 2.02. The normalized spacial score (nSPS) is 25.9. The van der Waals surface area contributed by atoms with Gasteiger partial charge in [0.05, 0.1) is 6.54 Å². The third-order valence-electron chi connectivity index (χ3n) is 4.12. The highest BCUT2D eigenvalue weighted by Gasteiger charge is 2.35. The summed E-state index contributed by atoms with van der Waals surface area (Å²) in [5, 5.41) is 5.52. The van der Waals surface area contributed by atoms with Crippen molar-refractivity contribution < 1.29 is 4.79 Å². The van der Waals surface area contributed by atoms with Crippen LogP contribution in [-0.2, 0) is 17.8 Å². The van der Waals surface area contributed by atoms with E-state index in [0.717, 1.165) is 25.4 Å². The molecule has 3 rings (SSSR count). The van der Waals surface area contributed by atoms with Gasteiger partial charge >= 0.3 is 0 Å². The summed E-state index contributed by atoms with van der Waals surface area (Å²) in [6.07, 6.45) is 3.51. The van der Waals surface area contributed by atoms with Crippen LogP contribution in [0.2, 0.25) is 0 Å². The molecule has 1 amide bonds. The molecule has 0 bridgehead atoms. The third-order valence-corrected chi connectivity index (χ3v) is 5.15. The molecule has 1 saturated carbocycles. The molecule has 18 heavy (non-hydrogen) atoms. The van der Waals surface area contributed by atoms with E-state index in [4.69, 9.17) is 0 Å². The van der Waals surface area contributed by atoms with Crippen molar-refractivity contribution in [1.29, 1.82) is 0 Å². The van der Waals surface area contributed by atoms with E-state index in [0.29, 0.717) is 12.6 Å². The van der Waals surface area contributed by atoms with Crippen LogP contribution in [0.5, 0.6) is 0 Å². The first kappa shape index (κ1) is 12.2. The average molecular weight is 264 g/mol. The second-order valence-corrected chi connectivity index (χ2v) is 6.33. The van der Waals surface area contributed by atoms with E-state index in [1.54, 1.807) is 0 Å². The van der Waals surface area contributed by atoms with Crippen molar-refractivity contribution in [3.05, 3.63) is 21.9 Å². The van der Waals surface area contributed by atoms with Gasteiger partial charge in [-0.15, -0.1) is 11.3 Å². The first-order chi connectivity index (χ1) is 8.78. The van der Waals surface area contributed by atoms with Gasteiger partial charge in [-0.2, -0.15) is 0 Å². The van der Waals surface area contributed by atoms with Crippen molar-refractivity contribution in [2.75, 3.05) is 13.1 Å². The second-order valence-electron chi connectivity index (χ2n) is 5.33. The smallest absolute Gasteiger partial charge is 0.236 e. The van der Waals surface area contributed by atoms with E-state index in [1.165, 1.54) is 23.3 Å². The van der Waals surface area contributed by atoms with Crippen molar-refractivity contribution >= 4 is 17.2 Å². The van der Waals surface area contributed by atoms with Crippen molar-refractivity contribution in [2.24, 2.45) is 5.92 Å². The topological polar surface area (TPSA) is 32.3 Å². The fraction of sp³-hybridized carbons (Fsp3) is 0.643. The molecule has 2 heterocycles. The molecule has 1 aliphatic heterocycles. The van der Waals surface area contributed by atoms with Crippen LogP contribution in [0, 0.1) is 5.92 Å². The number of hydrogen-bond acceptors (Lipinski definition) is 3. The lowest BCUT2D eigenvalue weighted by atomic mass is 10.1. The molecule has 2 unspecified atom stereocenters. The Kier molecular flexibility index (Phi) is 3.39. The summed E-state index contributed by atoms with van der Waals surface area (Å²) < 4.78 is 0. The largest absolute Gasteiger partial charge is 0.337 e. The maximum absolute atomic E-state index is 12.1. The van der Waals surface area contributed by atoms with Crippen LogP contribution in [0.3, 0.4) is 0 Å². The Bertz CT molecular complexity index is 443. The molecule has 2 aliphatic rings. The van der Waals surface area contributed by atoms with Crippen LogP contribution >= 0.6 is 11.3 Å². The summed E-state index contributed by atoms with van der Waals surface area (Å²) in [6, 6.07) is 2.75. The Morgan fingerprint density at radius 3 is 3.28 bits per heavy atom. The van der Waals surface area contributed by atoms with Gasteiger partial charge in [0, 0.05) is 24.0 Å². The van der Waals surface area contributed by atoms with Crippen LogP contribution in [0.15, 0.2) is 11.4 Å². The quantitative estimate of drug-likeness (QED) is 0.902. The summed E-state index contributed by atoms with van der Waals surface area (Å²) in [7, 11) is 0. The fourth-order valence-corrected chi connectivity index (χ4v) is 3.63. The molecule has 98 valence electrons. The van der Waals surface area contributed by atoms with Crippen LogP contribution < -0.4 is 5.32 Å². The summed E-state index contributed by atoms with van der Waals surface area (Å²) in [6.45, 7) is 4.43. The molecule has 3 nitrogen and oxygen atoms in total. The van der Waals surface area contributed by atoms with Crippen LogP contribution in [0.1, 0.15) is 30.2 Å². The lowest BCUT2D eigenvalue weighted by Gasteiger charge is -2.27. The van der Waals surface area contributed by atoms with Crippen molar-refractivity contribution in [2.45, 2.75) is 38.8 Å². The summed E-state index contributed by atoms with van der Waals surface area (Å²) >= 11 is 1.82. The van der Waals surface area contributed by atoms with Crippen LogP contribution in [0.4, 0.5) is 0 Å². The van der Waals surface area contributed by atoms with E-state index in [1.807, 2.05) is 16.2 Å². The minimum Gasteiger partial charge on any atom is -0.337 e. The molecule has 2 atom stereocenters. The Morgan fingerprint density at radius 2 is 2.50 bits per heavy atom. The molecule has 4 heteroatoms. The zero-order valence-electron chi connectivity index (χ0n) is 10.8. The zero-order valence-corrected chi connectivity index (χ0v) is 11.6. The molecule has 1 aromatic heterocycles. The molecular weight excluding hydrogens is 244 g/mol. The number of carbonyl (C=O) groups excluding carboxylic acids is 1. The van der Waals surface area contributed by atoms with Crippen LogP contribution in [0.25, 0.3) is 0 Å². The second kappa shape index (κ2) is 5.02. The van der Waals surface area contributed by atoms with Gasteiger partial charge in [-0.05, 0) is 35.8 Å². The van der Waals surface area contributed by atoms with E-state index in [9.17, 15) is 4.79 Å². The standard InChI is InChI=1S/C14H20N2OS/c1-2-10-7-12(10)15-8-14(17)16-5-3-13-11(9-16)4-6-18-13/h4,6,10,12,15H,2-3,5,7-9H2,1H3. The van der Waals surface area contributed by atoms with Gasteiger partial charge in [0.1, 0.15) is 0 Å². The maximum Gasteiger partial charge on any atom is 0.236 e. The van der Waals surface area contributed by atoms with Gasteiger partial charge in [0.2, 0.25) is 5.91 Å². The lowest BCUT2D eigenvalue weighted by Crippen LogP contribution is -2.41. The first-order valence-electron chi connectivity index (χ1n) is 6.84. The van der Waals surface area contributed by atoms with Crippen molar-refractivity contribution in [3.8, 4) is 0 Å². The molecule has 1 aliphatic carbocycles. The number of thiophene rings is 1. The first-order valence-corrected chi connectivity index (χ1v) is 7.72. The number of rotatable bonds is 4. The average Bonchev–Trinajstić information content (AvgIpc) is 3.00. The highest BCUT2D eigenvalue weighted by molar-refractivity contribution is 7.10. The maximum atomic E-state index is 12.1. The van der Waals surface area contributed by atoms with Gasteiger partial charge in [0.25, 0.3) is 0 Å². The summed E-state index contributed by atoms with van der Waals surface area (Å²) in [4.78, 5) is 15.6.